The first-order chi connectivity index (χ1) is 6.67. The summed E-state index contributed by atoms with van der Waals surface area (Å²) in [5.74, 6) is 0.520. The van der Waals surface area contributed by atoms with Crippen LogP contribution < -0.4 is 0 Å². The van der Waals surface area contributed by atoms with Crippen LogP contribution in [0.3, 0.4) is 0 Å². The molecule has 1 nitrogen and oxygen atoms in total. The van der Waals surface area contributed by atoms with Crippen molar-refractivity contribution in [2.45, 2.75) is 30.6 Å². The fourth-order valence-corrected chi connectivity index (χ4v) is 2.39. The van der Waals surface area contributed by atoms with E-state index in [2.05, 4.69) is 19.1 Å². The van der Waals surface area contributed by atoms with E-state index in [0.717, 1.165) is 18.4 Å². The van der Waals surface area contributed by atoms with E-state index in [4.69, 9.17) is 16.9 Å². The molecule has 0 fully saturated rings. The second-order valence-electron chi connectivity index (χ2n) is 3.94. The Kier molecular flexibility index (Phi) is 2.25. The molecule has 0 spiro atoms. The van der Waals surface area contributed by atoms with Gasteiger partial charge in [0.1, 0.15) is 0 Å². The molecule has 2 heteroatoms. The lowest BCUT2D eigenvalue weighted by molar-refractivity contribution is 0.525. The zero-order valence-corrected chi connectivity index (χ0v) is 8.88. The van der Waals surface area contributed by atoms with Crippen LogP contribution in [0.15, 0.2) is 24.3 Å². The van der Waals surface area contributed by atoms with Crippen LogP contribution in [0, 0.1) is 11.3 Å². The molecule has 0 radical (unpaired) electrons. The van der Waals surface area contributed by atoms with Gasteiger partial charge in [0.2, 0.25) is 0 Å². The van der Waals surface area contributed by atoms with Crippen LogP contribution in [0.2, 0.25) is 0 Å². The van der Waals surface area contributed by atoms with Gasteiger partial charge in [0, 0.05) is 0 Å². The van der Waals surface area contributed by atoms with Crippen molar-refractivity contribution < 1.29 is 0 Å². The molecule has 2 unspecified atom stereocenters. The van der Waals surface area contributed by atoms with Gasteiger partial charge in [-0.2, -0.15) is 5.26 Å². The van der Waals surface area contributed by atoms with Crippen molar-refractivity contribution in [2.24, 2.45) is 0 Å². The van der Waals surface area contributed by atoms with Gasteiger partial charge in [-0.15, -0.1) is 0 Å². The monoisotopic (exact) mass is 205 g/mol. The second-order valence-corrected chi connectivity index (χ2v) is 4.59. The number of hydrogen-bond acceptors (Lipinski definition) is 1. The second kappa shape index (κ2) is 3.29. The lowest BCUT2D eigenvalue weighted by Gasteiger charge is -2.31. The summed E-state index contributed by atoms with van der Waals surface area (Å²) in [4.78, 5) is -0.789. The number of nitriles is 1. The van der Waals surface area contributed by atoms with E-state index in [1.54, 1.807) is 0 Å². The Bertz CT molecular complexity index is 394. The summed E-state index contributed by atoms with van der Waals surface area (Å²) < 4.78 is 0. The standard InChI is InChI=1S/C12H12ClN/c1-9-6-7-12(13,8-14)11-5-3-2-4-10(9)11/h2-5,9H,6-7H2,1H3. The maximum Gasteiger partial charge on any atom is 0.156 e. The van der Waals surface area contributed by atoms with E-state index in [-0.39, 0.29) is 0 Å². The van der Waals surface area contributed by atoms with E-state index in [9.17, 15) is 0 Å². The SMILES string of the molecule is CC1CCC(Cl)(C#N)c2ccccc21. The maximum atomic E-state index is 9.10. The fourth-order valence-electron chi connectivity index (χ4n) is 2.11. The highest BCUT2D eigenvalue weighted by Gasteiger charge is 2.36. The van der Waals surface area contributed by atoms with Crippen molar-refractivity contribution in [1.82, 2.24) is 0 Å². The molecule has 14 heavy (non-hydrogen) atoms. The molecule has 0 saturated heterocycles. The average Bonchev–Trinajstić information content (AvgIpc) is 2.24. The number of nitrogens with zero attached hydrogens (tertiary/aromatic N) is 1. The Balaban J connectivity index is 2.59. The summed E-state index contributed by atoms with van der Waals surface area (Å²) in [5, 5.41) is 9.10. The lowest BCUT2D eigenvalue weighted by atomic mass is 9.77. The van der Waals surface area contributed by atoms with Crippen LogP contribution in [0.1, 0.15) is 36.8 Å². The molecule has 0 heterocycles. The molecule has 0 amide bonds. The Morgan fingerprint density at radius 1 is 1.50 bits per heavy atom. The molecule has 1 aromatic rings. The Labute approximate surface area is 89.3 Å². The highest BCUT2D eigenvalue weighted by atomic mass is 35.5. The minimum atomic E-state index is -0.789. The van der Waals surface area contributed by atoms with Crippen molar-refractivity contribution in [1.29, 1.82) is 5.26 Å². The molecule has 1 aliphatic carbocycles. The van der Waals surface area contributed by atoms with Crippen LogP contribution in [-0.2, 0) is 4.87 Å². The van der Waals surface area contributed by atoms with Gasteiger partial charge in [0.25, 0.3) is 0 Å². The van der Waals surface area contributed by atoms with Crippen LogP contribution in [-0.4, -0.2) is 0 Å². The Hall–Kier alpha value is -1.00. The molecular formula is C12H12ClN. The number of benzene rings is 1. The van der Waals surface area contributed by atoms with Crippen molar-refractivity contribution in [2.75, 3.05) is 0 Å². The first-order valence-electron chi connectivity index (χ1n) is 4.87. The summed E-state index contributed by atoms with van der Waals surface area (Å²) in [7, 11) is 0. The highest BCUT2D eigenvalue weighted by Crippen LogP contribution is 2.44. The minimum absolute atomic E-state index is 0.520. The number of fused-ring (bicyclic) bond motifs is 1. The van der Waals surface area contributed by atoms with E-state index < -0.39 is 4.87 Å². The van der Waals surface area contributed by atoms with E-state index in [1.165, 1.54) is 5.56 Å². The number of hydrogen-bond donors (Lipinski definition) is 0. The molecular weight excluding hydrogens is 194 g/mol. The van der Waals surface area contributed by atoms with Gasteiger partial charge in [0.05, 0.1) is 6.07 Å². The third-order valence-corrected chi connectivity index (χ3v) is 3.49. The van der Waals surface area contributed by atoms with Crippen molar-refractivity contribution in [3.63, 3.8) is 0 Å². The smallest absolute Gasteiger partial charge is 0.156 e. The molecule has 0 saturated carbocycles. The lowest BCUT2D eigenvalue weighted by Crippen LogP contribution is -2.24. The number of halogens is 1. The summed E-state index contributed by atoms with van der Waals surface area (Å²) >= 11 is 6.29. The normalized spacial score (nSPS) is 30.5. The third kappa shape index (κ3) is 1.31. The topological polar surface area (TPSA) is 23.8 Å². The van der Waals surface area contributed by atoms with Gasteiger partial charge in [0.15, 0.2) is 4.87 Å². The van der Waals surface area contributed by atoms with Crippen LogP contribution in [0.25, 0.3) is 0 Å². The Morgan fingerprint density at radius 3 is 2.93 bits per heavy atom. The van der Waals surface area contributed by atoms with Gasteiger partial charge >= 0.3 is 0 Å². The molecule has 1 aromatic carbocycles. The summed E-state index contributed by atoms with van der Waals surface area (Å²) in [6.45, 7) is 2.19. The van der Waals surface area contributed by atoms with Gasteiger partial charge in [-0.3, -0.25) is 0 Å². The molecule has 0 bridgehead atoms. The molecule has 0 N–H and O–H groups in total. The third-order valence-electron chi connectivity index (χ3n) is 3.02. The summed E-state index contributed by atoms with van der Waals surface area (Å²) in [5.41, 5.74) is 2.23. The predicted octanol–water partition coefficient (Wildman–Crippen LogP) is 3.54. The van der Waals surface area contributed by atoms with Gasteiger partial charge in [-0.25, -0.2) is 0 Å². The van der Waals surface area contributed by atoms with Gasteiger partial charge in [-0.1, -0.05) is 42.8 Å². The zero-order chi connectivity index (χ0) is 10.2. The quantitative estimate of drug-likeness (QED) is 0.595. The predicted molar refractivity (Wildman–Crippen MR) is 57.2 cm³/mol. The zero-order valence-electron chi connectivity index (χ0n) is 8.13. The maximum absolute atomic E-state index is 9.10. The van der Waals surface area contributed by atoms with Crippen molar-refractivity contribution in [3.05, 3.63) is 35.4 Å². The van der Waals surface area contributed by atoms with Crippen molar-refractivity contribution in [3.8, 4) is 6.07 Å². The largest absolute Gasteiger partial charge is 0.196 e. The van der Waals surface area contributed by atoms with E-state index in [1.807, 2.05) is 18.2 Å². The molecule has 72 valence electrons. The minimum Gasteiger partial charge on any atom is -0.196 e. The van der Waals surface area contributed by atoms with Crippen LogP contribution in [0.4, 0.5) is 0 Å². The van der Waals surface area contributed by atoms with Crippen LogP contribution >= 0.6 is 11.6 Å². The Morgan fingerprint density at radius 2 is 2.21 bits per heavy atom. The van der Waals surface area contributed by atoms with Gasteiger partial charge < -0.3 is 0 Å². The number of rotatable bonds is 0. The fraction of sp³-hybridized carbons (Fsp3) is 0.417. The number of alkyl halides is 1. The van der Waals surface area contributed by atoms with Gasteiger partial charge in [-0.05, 0) is 29.9 Å². The first-order valence-corrected chi connectivity index (χ1v) is 5.25. The summed E-state index contributed by atoms with van der Waals surface area (Å²) in [6, 6.07) is 10.2. The average molecular weight is 206 g/mol. The first kappa shape index (κ1) is 9.55. The summed E-state index contributed by atoms with van der Waals surface area (Å²) in [6.07, 6.45) is 1.75. The highest BCUT2D eigenvalue weighted by molar-refractivity contribution is 6.26. The molecule has 0 aromatic heterocycles. The van der Waals surface area contributed by atoms with E-state index >= 15 is 0 Å². The molecule has 1 aliphatic rings. The molecule has 2 atom stereocenters. The molecule has 0 aliphatic heterocycles. The molecule has 2 rings (SSSR count). The van der Waals surface area contributed by atoms with E-state index in [0.29, 0.717) is 5.92 Å². The van der Waals surface area contributed by atoms with Crippen LogP contribution in [0.5, 0.6) is 0 Å². The van der Waals surface area contributed by atoms with Crippen molar-refractivity contribution >= 4 is 11.6 Å².